The van der Waals surface area contributed by atoms with E-state index < -0.39 is 141 Å². The van der Waals surface area contributed by atoms with Crippen LogP contribution in [0.2, 0.25) is 0 Å². The van der Waals surface area contributed by atoms with E-state index in [0.717, 1.165) is 26.7 Å². The van der Waals surface area contributed by atoms with Crippen LogP contribution < -0.4 is 0 Å². The Kier molecular flexibility index (Phi) is 45.0. The van der Waals surface area contributed by atoms with Crippen molar-refractivity contribution >= 4 is 34.7 Å². The minimum atomic E-state index is -4.31. The zero-order valence-electron chi connectivity index (χ0n) is 83.1. The van der Waals surface area contributed by atoms with E-state index in [1.807, 2.05) is 41.5 Å². The lowest BCUT2D eigenvalue weighted by molar-refractivity contribution is -0.458. The second kappa shape index (κ2) is 54.0. The third-order valence-corrected chi connectivity index (χ3v) is 30.3. The summed E-state index contributed by atoms with van der Waals surface area (Å²) in [4.78, 5) is 75.6. The maximum Gasteiger partial charge on any atom is 0.395 e. The van der Waals surface area contributed by atoms with Gasteiger partial charge < -0.3 is 107 Å². The first kappa shape index (κ1) is 118. The summed E-state index contributed by atoms with van der Waals surface area (Å²) in [5.74, 6) is -8.21. The summed E-state index contributed by atoms with van der Waals surface area (Å²) < 4.78 is 154. The molecule has 8 bridgehead atoms. The number of alkyl halides is 6. The highest BCUT2D eigenvalue weighted by atomic mass is 19.4. The molecule has 8 aliphatic carbocycles. The molecule has 796 valence electrons. The summed E-state index contributed by atoms with van der Waals surface area (Å²) in [6.07, 6.45) is 0.216. The molecule has 8 saturated carbocycles. The number of ether oxygens (including phenoxy) is 14. The third-order valence-electron chi connectivity index (χ3n) is 30.3. The molecule has 12 aliphatic rings. The zero-order valence-corrected chi connectivity index (χ0v) is 83.1. The van der Waals surface area contributed by atoms with Gasteiger partial charge >= 0.3 is 12.4 Å². The van der Waals surface area contributed by atoms with Gasteiger partial charge in [-0.25, -0.2) is 4.68 Å². The lowest BCUT2D eigenvalue weighted by Gasteiger charge is -2.74. The molecule has 20 atom stereocenters. The average molecular weight is 2020 g/mol. The van der Waals surface area contributed by atoms with Gasteiger partial charge in [-0.05, 0) is 129 Å². The quantitative estimate of drug-likeness (QED) is 0.00380. The Morgan fingerprint density at radius 3 is 1.23 bits per heavy atom. The molecule has 40 heteroatoms. The number of benzene rings is 2. The molecule has 4 saturated heterocycles. The number of halogens is 6. The van der Waals surface area contributed by atoms with Crippen molar-refractivity contribution in [2.45, 2.75) is 244 Å². The summed E-state index contributed by atoms with van der Waals surface area (Å²) in [6.45, 7) is 33.3. The van der Waals surface area contributed by atoms with Gasteiger partial charge in [-0.3, -0.25) is 28.8 Å². The van der Waals surface area contributed by atoms with Crippen LogP contribution in [0.25, 0.3) is 10.4 Å². The first-order valence-electron chi connectivity index (χ1n) is 49.5. The molecule has 8 unspecified atom stereocenters. The number of nitrogens with zero attached hydrogens (tertiary/aromatic N) is 6. The van der Waals surface area contributed by atoms with Crippen LogP contribution in [0.15, 0.2) is 84.1 Å². The fourth-order valence-corrected chi connectivity index (χ4v) is 22.9. The van der Waals surface area contributed by atoms with Crippen LogP contribution in [-0.4, -0.2) is 323 Å². The van der Waals surface area contributed by atoms with Crippen LogP contribution in [0, 0.1) is 80.3 Å². The van der Waals surface area contributed by atoms with E-state index in [1.54, 1.807) is 10.9 Å². The highest BCUT2D eigenvalue weighted by Gasteiger charge is 2.89. The van der Waals surface area contributed by atoms with Crippen LogP contribution in [0.4, 0.5) is 26.3 Å². The minimum Gasteiger partial charge on any atom is -0.392 e. The molecule has 3 aromatic rings. The Labute approximate surface area is 826 Å². The summed E-state index contributed by atoms with van der Waals surface area (Å²) >= 11 is 0. The Morgan fingerprint density at radius 2 is 0.866 bits per heavy atom. The smallest absolute Gasteiger partial charge is 0.392 e. The molecule has 12 fully saturated rings. The predicted molar refractivity (Wildman–Crippen MR) is 502 cm³/mol. The number of fused-ring (bicyclic) bond motifs is 4. The van der Waals surface area contributed by atoms with E-state index in [1.165, 1.54) is 48.5 Å². The van der Waals surface area contributed by atoms with E-state index >= 15 is 0 Å². The van der Waals surface area contributed by atoms with Crippen molar-refractivity contribution in [3.63, 3.8) is 0 Å². The number of rotatable bonds is 53. The molecule has 4 aliphatic heterocycles. The number of ketones is 6. The van der Waals surface area contributed by atoms with E-state index in [0.29, 0.717) is 270 Å². The highest BCUT2D eigenvalue weighted by molar-refractivity contribution is 6.06. The predicted octanol–water partition coefficient (Wildman–Crippen LogP) is 11.0. The molecule has 0 amide bonds. The minimum absolute atomic E-state index is 0.0966. The number of terminal acetylenes is 1. The van der Waals surface area contributed by atoms with Gasteiger partial charge in [-0.1, -0.05) is 119 Å². The van der Waals surface area contributed by atoms with Crippen molar-refractivity contribution in [1.29, 1.82) is 0 Å². The first-order chi connectivity index (χ1) is 67.5. The van der Waals surface area contributed by atoms with Crippen molar-refractivity contribution < 1.29 is 162 Å². The number of hydrogen-bond acceptors (Lipinski definition) is 31. The number of carbonyl (C=O) groups is 6. The average Bonchev–Trinajstić information content (AvgIpc) is 1.30. The molecule has 0 radical (unpaired) electrons. The van der Waals surface area contributed by atoms with Crippen LogP contribution in [0.5, 0.6) is 0 Å². The standard InChI is InChI=1S/C31H46F3N3O8.2C20H28O6.C16H28O6.C15H18F3N3O2/c1-3-29(38)10-13-41-15-16-42-17-18-43-19-20-44-21-22-45-24-28-23-37(36-35-28)11-14-40-12-4-5-30(39)27-8-6-26(7-9-27)25(2)31(32,33)34;2*1-9-10-4-5-11-18-8-26-20(25,19(11,14(9)22)15(10)23)16(24)13(18)17(2,3)7-6-12(18)21;1-3-6-18-8-10-20-12-14-22-15-13-21-11-9-19-7-5-16(17)4-2;1-11(15(16,17)18)12-4-6-13(7-5-12)14(22)3-2-9-23-10-8-20-21-19/h6-9,23,25H,3-5,10-22,24H2,1-2H3;2*10-13,15-16,21,23-25H,1,4-8H2,2-3H3;1H,4-15H2,2H3;4-7,11H,2-3,8-10H2,1H3/t;2*10?,11?,12-,13+,15+,16-,18+,19?,20-;;/m.00../s1. The number of Topliss-reactive ketones (excluding diaryl/α,β-unsaturated/α-hetero) is 6. The van der Waals surface area contributed by atoms with Crippen molar-refractivity contribution in [1.82, 2.24) is 15.0 Å². The first-order valence-corrected chi connectivity index (χ1v) is 49.5. The largest absolute Gasteiger partial charge is 0.395 e. The van der Waals surface area contributed by atoms with Gasteiger partial charge in [0.1, 0.15) is 46.9 Å². The van der Waals surface area contributed by atoms with E-state index in [9.17, 15) is 96.0 Å². The van der Waals surface area contributed by atoms with Gasteiger partial charge in [-0.15, -0.1) is 11.5 Å². The number of aliphatic hydroxyl groups excluding tert-OH is 6. The fourth-order valence-electron chi connectivity index (χ4n) is 22.9. The second-order valence-electron chi connectivity index (χ2n) is 39.4. The SMILES string of the molecule is C#CCOCCOCCOCCOCCOCCC(=O)CC.C=C1C(=O)C23C(CCC1[C@H]2O)[C@@]12CO[C@@]3(O)[C@@H](O)[C@@H]1C(C)(C)CC[C@@H]2O.C=C1C(=O)C23C(CCC1[C@H]2O)[C@@]12CO[C@@]3(O)[C@@H](O)[C@@H]1C(C)(C)CC[C@@H]2O.CC(c1ccc(C(=O)CCCOCCN=[N+]=[N-])cc1)C(F)(F)F.CCC(=O)CCOCCOCCOCCOCCOCc1cn(CCOCCCC(=O)c2ccc(C(C)C(F)(F)F)cc2)nn1. The van der Waals surface area contributed by atoms with Crippen LogP contribution >= 0.6 is 0 Å². The van der Waals surface area contributed by atoms with Crippen molar-refractivity contribution in [2.75, 3.05) is 172 Å². The molecular formula is C102H148F6N6O28. The fraction of sp³-hybridized carbons (Fsp3) is 0.745. The molecular weight excluding hydrogens is 1870 g/mol. The molecule has 142 heavy (non-hydrogen) atoms. The van der Waals surface area contributed by atoms with Crippen molar-refractivity contribution in [2.24, 2.45) is 73.1 Å². The molecule has 2 aromatic carbocycles. The van der Waals surface area contributed by atoms with Gasteiger partial charge in [0.05, 0.1) is 201 Å². The maximum atomic E-state index is 13.3. The van der Waals surface area contributed by atoms with Crippen molar-refractivity contribution in [3.05, 3.63) is 117 Å². The third kappa shape index (κ3) is 27.2. The van der Waals surface area contributed by atoms with Gasteiger partial charge in [0.2, 0.25) is 11.6 Å². The number of aromatic nitrogens is 3. The van der Waals surface area contributed by atoms with E-state index in [2.05, 4.69) is 39.4 Å². The maximum absolute atomic E-state index is 13.3. The monoisotopic (exact) mass is 2020 g/mol. The number of azide groups is 1. The topological polar surface area (TPSA) is 473 Å². The molecule has 15 rings (SSSR count). The zero-order chi connectivity index (χ0) is 104. The normalized spacial score (nSPS) is 29.6. The summed E-state index contributed by atoms with van der Waals surface area (Å²) in [7, 11) is 0. The summed E-state index contributed by atoms with van der Waals surface area (Å²) in [5, 5.41) is 102. The molecule has 4 spiro atoms. The lowest BCUT2D eigenvalue weighted by Crippen LogP contribution is -2.85. The number of hydrogen-bond donors (Lipinski definition) is 8. The van der Waals surface area contributed by atoms with Gasteiger partial charge in [0, 0.05) is 109 Å². The van der Waals surface area contributed by atoms with Crippen LogP contribution in [-0.2, 0) is 98.6 Å². The Morgan fingerprint density at radius 1 is 0.514 bits per heavy atom. The Bertz CT molecular complexity index is 4530. The van der Waals surface area contributed by atoms with E-state index in [-0.39, 0.29) is 77.7 Å². The van der Waals surface area contributed by atoms with Crippen molar-refractivity contribution in [3.8, 4) is 12.3 Å². The second-order valence-corrected chi connectivity index (χ2v) is 39.4. The van der Waals surface area contributed by atoms with Crippen LogP contribution in [0.1, 0.15) is 207 Å². The molecule has 1 aromatic heterocycles. The Hall–Kier alpha value is -7.35. The lowest BCUT2D eigenvalue weighted by atomic mass is 9.35. The molecule has 8 N–H and O–H groups in total. The summed E-state index contributed by atoms with van der Waals surface area (Å²) in [6, 6.07) is 11.1. The molecule has 5 heterocycles. The highest BCUT2D eigenvalue weighted by Crippen LogP contribution is 2.78. The molecule has 34 nitrogen and oxygen atoms in total. The Balaban J connectivity index is 0.000000204. The summed E-state index contributed by atoms with van der Waals surface area (Å²) in [5.41, 5.74) is 4.81. The van der Waals surface area contributed by atoms with Gasteiger partial charge in [-0.2, -0.15) is 26.3 Å². The van der Waals surface area contributed by atoms with Gasteiger partial charge in [0.25, 0.3) is 0 Å². The number of carbonyl (C=O) groups excluding carboxylic acids is 6. The number of aliphatic hydroxyl groups is 8. The van der Waals surface area contributed by atoms with Gasteiger partial charge in [0.15, 0.2) is 23.1 Å². The van der Waals surface area contributed by atoms with E-state index in [4.69, 9.17) is 78.3 Å². The van der Waals surface area contributed by atoms with Crippen LogP contribution in [0.3, 0.4) is 0 Å².